The summed E-state index contributed by atoms with van der Waals surface area (Å²) in [5.41, 5.74) is 0. The Morgan fingerprint density at radius 1 is 1.44 bits per heavy atom. The van der Waals surface area contributed by atoms with Gasteiger partial charge in [-0.25, -0.2) is 8.42 Å². The summed E-state index contributed by atoms with van der Waals surface area (Å²) in [5.74, 6) is -0.358. The summed E-state index contributed by atoms with van der Waals surface area (Å²) in [7, 11) is -3.24. The maximum Gasteiger partial charge on any atom is 0.303 e. The highest BCUT2D eigenvalue weighted by Crippen LogP contribution is 2.18. The maximum absolute atomic E-state index is 11.3. The number of hydrogen-bond acceptors (Lipinski definition) is 6. The highest BCUT2D eigenvalue weighted by molar-refractivity contribution is 7.90. The third kappa shape index (κ3) is 4.44. The molecule has 0 aliphatic heterocycles. The summed E-state index contributed by atoms with van der Waals surface area (Å²) in [6.07, 6.45) is 2.80. The number of sulfone groups is 1. The summed E-state index contributed by atoms with van der Waals surface area (Å²) in [4.78, 5) is 14.3. The normalized spacial score (nSPS) is 13.4. The van der Waals surface area contributed by atoms with E-state index in [-0.39, 0.29) is 12.2 Å². The molecule has 1 heterocycles. The lowest BCUT2D eigenvalue weighted by molar-refractivity contribution is -0.137. The van der Waals surface area contributed by atoms with Gasteiger partial charge in [-0.15, -0.1) is 0 Å². The Hall–Kier alpha value is -1.44. The van der Waals surface area contributed by atoms with Gasteiger partial charge in [-0.1, -0.05) is 5.16 Å². The zero-order valence-electron chi connectivity index (χ0n) is 10.3. The molecule has 0 aromatic carbocycles. The third-order valence-electron chi connectivity index (χ3n) is 2.52. The van der Waals surface area contributed by atoms with Crippen molar-refractivity contribution in [2.45, 2.75) is 37.9 Å². The molecule has 102 valence electrons. The van der Waals surface area contributed by atoms with Crippen LogP contribution in [-0.2, 0) is 21.1 Å². The van der Waals surface area contributed by atoms with Crippen LogP contribution in [0.5, 0.6) is 0 Å². The predicted molar refractivity (Wildman–Crippen MR) is 62.7 cm³/mol. The number of hydrogen-bond donors (Lipinski definition) is 1. The van der Waals surface area contributed by atoms with Crippen molar-refractivity contribution in [1.29, 1.82) is 0 Å². The van der Waals surface area contributed by atoms with Gasteiger partial charge < -0.3 is 9.63 Å². The van der Waals surface area contributed by atoms with E-state index in [2.05, 4.69) is 10.1 Å². The zero-order valence-corrected chi connectivity index (χ0v) is 11.1. The Bertz CT molecular complexity index is 508. The van der Waals surface area contributed by atoms with Gasteiger partial charge in [-0.3, -0.25) is 4.79 Å². The number of carbonyl (C=O) groups is 1. The fourth-order valence-electron chi connectivity index (χ4n) is 1.28. The Balaban J connectivity index is 2.51. The van der Waals surface area contributed by atoms with Crippen LogP contribution in [0.15, 0.2) is 4.52 Å². The Labute approximate surface area is 105 Å². The van der Waals surface area contributed by atoms with Crippen LogP contribution in [0.4, 0.5) is 0 Å². The fourth-order valence-corrected chi connectivity index (χ4v) is 1.76. The molecule has 0 saturated heterocycles. The van der Waals surface area contributed by atoms with Gasteiger partial charge in [0.15, 0.2) is 15.7 Å². The van der Waals surface area contributed by atoms with Crippen molar-refractivity contribution < 1.29 is 22.8 Å². The van der Waals surface area contributed by atoms with Crippen LogP contribution in [0.25, 0.3) is 0 Å². The minimum atomic E-state index is -3.24. The second kappa shape index (κ2) is 5.94. The Morgan fingerprint density at radius 3 is 2.67 bits per heavy atom. The quantitative estimate of drug-likeness (QED) is 0.739. The van der Waals surface area contributed by atoms with Crippen molar-refractivity contribution in [2.24, 2.45) is 0 Å². The highest BCUT2D eigenvalue weighted by atomic mass is 32.2. The molecule has 0 spiro atoms. The summed E-state index contributed by atoms with van der Waals surface area (Å²) < 4.78 is 27.5. The molecule has 1 N–H and O–H groups in total. The van der Waals surface area contributed by atoms with E-state index in [0.717, 1.165) is 6.26 Å². The number of nitrogens with zero attached hydrogens (tertiary/aromatic N) is 2. The number of carboxylic acids is 1. The lowest BCUT2D eigenvalue weighted by atomic mass is 10.2. The Kier molecular flexibility index (Phi) is 4.83. The molecule has 1 aromatic rings. The van der Waals surface area contributed by atoms with Gasteiger partial charge in [0.2, 0.25) is 5.89 Å². The minimum Gasteiger partial charge on any atom is -0.481 e. The van der Waals surface area contributed by atoms with E-state index in [1.165, 1.54) is 6.92 Å². The van der Waals surface area contributed by atoms with E-state index in [1.807, 2.05) is 0 Å². The monoisotopic (exact) mass is 276 g/mol. The van der Waals surface area contributed by atoms with Gasteiger partial charge in [0, 0.05) is 19.1 Å². The maximum atomic E-state index is 11.3. The molecule has 0 aliphatic rings. The third-order valence-corrected chi connectivity index (χ3v) is 4.02. The molecule has 0 amide bonds. The van der Waals surface area contributed by atoms with E-state index in [4.69, 9.17) is 9.63 Å². The van der Waals surface area contributed by atoms with Gasteiger partial charge in [-0.05, 0) is 19.8 Å². The molecule has 7 nitrogen and oxygen atoms in total. The first kappa shape index (κ1) is 14.6. The van der Waals surface area contributed by atoms with Crippen molar-refractivity contribution in [1.82, 2.24) is 10.1 Å². The molecular weight excluding hydrogens is 260 g/mol. The van der Waals surface area contributed by atoms with Gasteiger partial charge in [0.25, 0.3) is 0 Å². The molecule has 8 heteroatoms. The molecule has 1 aromatic heterocycles. The number of unbranched alkanes of at least 4 members (excludes halogenated alkanes) is 1. The second-order valence-corrected chi connectivity index (χ2v) is 6.49. The van der Waals surface area contributed by atoms with Crippen LogP contribution >= 0.6 is 0 Å². The lowest BCUT2D eigenvalue weighted by Crippen LogP contribution is -2.09. The number of aliphatic carboxylic acids is 1. The standard InChI is InChI=1S/C10H16N2O5S/c1-7(18(2,15)16)10-11-8(17-12-10)5-3-4-6-9(13)14/h7H,3-6H2,1-2H3,(H,13,14). The lowest BCUT2D eigenvalue weighted by Gasteiger charge is -2.01. The van der Waals surface area contributed by atoms with Crippen molar-refractivity contribution >= 4 is 15.8 Å². The molecule has 1 atom stereocenters. The predicted octanol–water partition coefficient (Wildman–Crippen LogP) is 0.973. The van der Waals surface area contributed by atoms with Crippen LogP contribution in [-0.4, -0.2) is 35.9 Å². The van der Waals surface area contributed by atoms with Crippen molar-refractivity contribution in [3.63, 3.8) is 0 Å². The average molecular weight is 276 g/mol. The molecule has 0 aliphatic carbocycles. The molecular formula is C10H16N2O5S. The summed E-state index contributed by atoms with van der Waals surface area (Å²) in [6.45, 7) is 1.49. The minimum absolute atomic E-state index is 0.0980. The van der Waals surface area contributed by atoms with E-state index in [0.29, 0.717) is 25.2 Å². The van der Waals surface area contributed by atoms with E-state index < -0.39 is 21.1 Å². The van der Waals surface area contributed by atoms with Gasteiger partial charge in [0.1, 0.15) is 5.25 Å². The summed E-state index contributed by atoms with van der Waals surface area (Å²) in [5, 5.41) is 11.3. The molecule has 1 unspecified atom stereocenters. The summed E-state index contributed by atoms with van der Waals surface area (Å²) >= 11 is 0. The van der Waals surface area contributed by atoms with Gasteiger partial charge >= 0.3 is 5.97 Å². The van der Waals surface area contributed by atoms with Crippen LogP contribution in [0.3, 0.4) is 0 Å². The molecule has 18 heavy (non-hydrogen) atoms. The van der Waals surface area contributed by atoms with Gasteiger partial charge in [0.05, 0.1) is 0 Å². The van der Waals surface area contributed by atoms with E-state index in [9.17, 15) is 13.2 Å². The first-order valence-corrected chi connectivity index (χ1v) is 7.49. The van der Waals surface area contributed by atoms with E-state index >= 15 is 0 Å². The van der Waals surface area contributed by atoms with Crippen molar-refractivity contribution in [3.8, 4) is 0 Å². The Morgan fingerprint density at radius 2 is 2.11 bits per heavy atom. The average Bonchev–Trinajstić information content (AvgIpc) is 2.70. The van der Waals surface area contributed by atoms with Crippen LogP contribution in [0.1, 0.15) is 43.2 Å². The second-order valence-electron chi connectivity index (χ2n) is 4.12. The zero-order chi connectivity index (χ0) is 13.8. The summed E-state index contributed by atoms with van der Waals surface area (Å²) in [6, 6.07) is 0. The van der Waals surface area contributed by atoms with Gasteiger partial charge in [-0.2, -0.15) is 4.98 Å². The SMILES string of the molecule is CC(c1noc(CCCCC(=O)O)n1)S(C)(=O)=O. The number of aryl methyl sites for hydroxylation is 1. The topological polar surface area (TPSA) is 110 Å². The van der Waals surface area contributed by atoms with Crippen LogP contribution in [0, 0.1) is 0 Å². The van der Waals surface area contributed by atoms with Crippen LogP contribution in [0.2, 0.25) is 0 Å². The molecule has 0 bridgehead atoms. The highest BCUT2D eigenvalue weighted by Gasteiger charge is 2.22. The van der Waals surface area contributed by atoms with Crippen molar-refractivity contribution in [3.05, 3.63) is 11.7 Å². The first-order chi connectivity index (χ1) is 8.30. The van der Waals surface area contributed by atoms with Crippen molar-refractivity contribution in [2.75, 3.05) is 6.26 Å². The largest absolute Gasteiger partial charge is 0.481 e. The number of rotatable bonds is 7. The smallest absolute Gasteiger partial charge is 0.303 e. The molecule has 1 rings (SSSR count). The first-order valence-electron chi connectivity index (χ1n) is 5.54. The molecule has 0 radical (unpaired) electrons. The molecule has 0 saturated carbocycles. The fraction of sp³-hybridized carbons (Fsp3) is 0.700. The molecule has 0 fully saturated rings. The number of aromatic nitrogens is 2. The van der Waals surface area contributed by atoms with E-state index in [1.54, 1.807) is 0 Å². The number of carboxylic acid groups (broad SMARTS) is 1. The van der Waals surface area contributed by atoms with Crippen LogP contribution < -0.4 is 0 Å².